The van der Waals surface area contributed by atoms with E-state index in [-0.39, 0.29) is 16.7 Å². The molecule has 1 aliphatic heterocycles. The molecule has 5 nitrogen and oxygen atoms in total. The van der Waals surface area contributed by atoms with Crippen LogP contribution in [0, 0.1) is 5.82 Å². The number of piperidine rings is 1. The lowest BCUT2D eigenvalue weighted by Crippen LogP contribution is -2.42. The van der Waals surface area contributed by atoms with Crippen LogP contribution >= 0.6 is 11.6 Å². The zero-order chi connectivity index (χ0) is 18.7. The smallest absolute Gasteiger partial charge is 0.258 e. The number of likely N-dealkylation sites (tertiary alicyclic amines) is 1. The Bertz CT molecular complexity index is 802. The zero-order valence-corrected chi connectivity index (χ0v) is 15.5. The number of nitrogens with zero attached hydrogens (tertiary/aromatic N) is 2. The number of hydrogen-bond donors (Lipinski definition) is 1. The molecule has 1 aliphatic rings. The first kappa shape index (κ1) is 18.6. The van der Waals surface area contributed by atoms with Crippen molar-refractivity contribution in [1.82, 2.24) is 9.88 Å². The Morgan fingerprint density at radius 2 is 2.19 bits per heavy atom. The first-order chi connectivity index (χ1) is 12.4. The molecule has 0 bridgehead atoms. The molecule has 0 aliphatic carbocycles. The van der Waals surface area contributed by atoms with E-state index < -0.39 is 11.7 Å². The first-order valence-electron chi connectivity index (χ1n) is 8.52. The summed E-state index contributed by atoms with van der Waals surface area (Å²) in [6, 6.07) is 9.29. The Kier molecular flexibility index (Phi) is 5.74. The number of halogens is 2. The summed E-state index contributed by atoms with van der Waals surface area (Å²) >= 11 is 5.93. The quantitative estimate of drug-likeness (QED) is 0.875. The monoisotopic (exact) mass is 377 g/mol. The number of carbonyl (C=O) groups is 1. The predicted octanol–water partition coefficient (Wildman–Crippen LogP) is 3.99. The summed E-state index contributed by atoms with van der Waals surface area (Å²) in [6.07, 6.45) is 1.97. The summed E-state index contributed by atoms with van der Waals surface area (Å²) < 4.78 is 19.1. The minimum atomic E-state index is -0.493. The molecule has 0 saturated carbocycles. The summed E-state index contributed by atoms with van der Waals surface area (Å²) in [6.45, 7) is 3.15. The normalized spacial score (nSPS) is 20.6. The van der Waals surface area contributed by atoms with Gasteiger partial charge in [0, 0.05) is 18.7 Å². The minimum absolute atomic E-state index is 0.0511. The van der Waals surface area contributed by atoms with Crippen LogP contribution in [0.25, 0.3) is 0 Å². The molecule has 26 heavy (non-hydrogen) atoms. The molecular formula is C19H21ClFN3O2. The van der Waals surface area contributed by atoms with Crippen LogP contribution in [0.4, 0.5) is 10.2 Å². The highest BCUT2D eigenvalue weighted by molar-refractivity contribution is 6.34. The van der Waals surface area contributed by atoms with Gasteiger partial charge in [-0.1, -0.05) is 17.7 Å². The van der Waals surface area contributed by atoms with Crippen LogP contribution in [-0.4, -0.2) is 41.5 Å². The number of anilines is 1. The second-order valence-corrected chi connectivity index (χ2v) is 6.94. The van der Waals surface area contributed by atoms with E-state index in [1.165, 1.54) is 12.1 Å². The summed E-state index contributed by atoms with van der Waals surface area (Å²) in [5, 5.41) is 2.72. The van der Waals surface area contributed by atoms with Gasteiger partial charge in [0.25, 0.3) is 5.91 Å². The lowest BCUT2D eigenvalue weighted by molar-refractivity contribution is 0.0760. The number of ether oxygens (including phenoxy) is 1. The second kappa shape index (κ2) is 8.01. The number of hydrogen-bond acceptors (Lipinski definition) is 4. The Morgan fingerprint density at radius 1 is 1.38 bits per heavy atom. The average Bonchev–Trinajstić information content (AvgIpc) is 2.58. The van der Waals surface area contributed by atoms with E-state index in [9.17, 15) is 9.18 Å². The molecule has 1 saturated heterocycles. The highest BCUT2D eigenvalue weighted by Crippen LogP contribution is 2.22. The van der Waals surface area contributed by atoms with Gasteiger partial charge < -0.3 is 15.0 Å². The van der Waals surface area contributed by atoms with Gasteiger partial charge in [-0.2, -0.15) is 4.98 Å². The highest BCUT2D eigenvalue weighted by atomic mass is 35.5. The number of pyridine rings is 1. The average molecular weight is 378 g/mol. The number of benzene rings is 1. The van der Waals surface area contributed by atoms with Crippen LogP contribution in [0.2, 0.25) is 5.02 Å². The Hall–Kier alpha value is -2.18. The fourth-order valence-corrected chi connectivity index (χ4v) is 3.18. The lowest BCUT2D eigenvalue weighted by Gasteiger charge is -2.34. The molecule has 2 heterocycles. The maximum atomic E-state index is 13.1. The van der Waals surface area contributed by atoms with Crippen LogP contribution < -0.4 is 10.1 Å². The SMILES string of the molecule is C[C@H]1C[C@H](Oc2cccc(NC(=O)c3ccc(F)cc3Cl)n2)CCN1C. The molecule has 7 heteroatoms. The van der Waals surface area contributed by atoms with E-state index >= 15 is 0 Å². The number of carbonyl (C=O) groups excluding carboxylic acids is 1. The molecule has 0 spiro atoms. The fraction of sp³-hybridized carbons (Fsp3) is 0.368. The Labute approximate surface area is 157 Å². The molecule has 0 radical (unpaired) electrons. The van der Waals surface area contributed by atoms with Crippen molar-refractivity contribution in [3.63, 3.8) is 0 Å². The third-order valence-electron chi connectivity index (χ3n) is 4.59. The van der Waals surface area contributed by atoms with E-state index in [0.717, 1.165) is 25.5 Å². The molecule has 1 aromatic carbocycles. The van der Waals surface area contributed by atoms with Gasteiger partial charge in [-0.15, -0.1) is 0 Å². The van der Waals surface area contributed by atoms with E-state index in [4.69, 9.17) is 16.3 Å². The van der Waals surface area contributed by atoms with Crippen molar-refractivity contribution in [2.24, 2.45) is 0 Å². The van der Waals surface area contributed by atoms with Crippen LogP contribution in [0.5, 0.6) is 5.88 Å². The maximum Gasteiger partial charge on any atom is 0.258 e. The van der Waals surface area contributed by atoms with Crippen LogP contribution in [-0.2, 0) is 0 Å². The number of amides is 1. The van der Waals surface area contributed by atoms with Gasteiger partial charge in [0.15, 0.2) is 0 Å². The van der Waals surface area contributed by atoms with Crippen molar-refractivity contribution in [2.75, 3.05) is 18.9 Å². The van der Waals surface area contributed by atoms with Gasteiger partial charge in [-0.05, 0) is 51.1 Å². The number of rotatable bonds is 4. The van der Waals surface area contributed by atoms with Gasteiger partial charge in [-0.25, -0.2) is 4.39 Å². The number of nitrogens with one attached hydrogen (secondary N) is 1. The van der Waals surface area contributed by atoms with E-state index in [0.29, 0.717) is 17.7 Å². The fourth-order valence-electron chi connectivity index (χ4n) is 2.93. The van der Waals surface area contributed by atoms with E-state index in [2.05, 4.69) is 29.2 Å². The van der Waals surface area contributed by atoms with Gasteiger partial charge in [0.1, 0.15) is 17.7 Å². The molecule has 1 fully saturated rings. The molecule has 3 rings (SSSR count). The Balaban J connectivity index is 1.66. The Morgan fingerprint density at radius 3 is 2.92 bits per heavy atom. The van der Waals surface area contributed by atoms with Crippen molar-refractivity contribution in [3.8, 4) is 5.88 Å². The molecule has 1 amide bonds. The van der Waals surface area contributed by atoms with Crippen molar-refractivity contribution in [2.45, 2.75) is 31.9 Å². The molecule has 1 aromatic heterocycles. The van der Waals surface area contributed by atoms with Crippen LogP contribution in [0.15, 0.2) is 36.4 Å². The molecule has 2 aromatic rings. The van der Waals surface area contributed by atoms with Gasteiger partial charge in [0.2, 0.25) is 5.88 Å². The van der Waals surface area contributed by atoms with Crippen molar-refractivity contribution in [3.05, 3.63) is 52.8 Å². The standard InChI is InChI=1S/C19H21ClFN3O2/c1-12-10-14(8-9-24(12)2)26-18-5-3-4-17(22-18)23-19(25)15-7-6-13(21)11-16(15)20/h3-7,11-12,14H,8-10H2,1-2H3,(H,22,23,25)/t12-,14+/m0/s1. The van der Waals surface area contributed by atoms with Crippen molar-refractivity contribution >= 4 is 23.3 Å². The second-order valence-electron chi connectivity index (χ2n) is 6.53. The van der Waals surface area contributed by atoms with Crippen LogP contribution in [0.3, 0.4) is 0 Å². The van der Waals surface area contributed by atoms with Crippen molar-refractivity contribution < 1.29 is 13.9 Å². The molecule has 138 valence electrons. The number of aromatic nitrogens is 1. The van der Waals surface area contributed by atoms with Gasteiger partial charge in [-0.3, -0.25) is 4.79 Å². The third-order valence-corrected chi connectivity index (χ3v) is 4.90. The predicted molar refractivity (Wildman–Crippen MR) is 99.3 cm³/mol. The zero-order valence-electron chi connectivity index (χ0n) is 14.7. The maximum absolute atomic E-state index is 13.1. The van der Waals surface area contributed by atoms with Gasteiger partial charge >= 0.3 is 0 Å². The molecule has 2 atom stereocenters. The van der Waals surface area contributed by atoms with E-state index in [1.807, 2.05) is 0 Å². The summed E-state index contributed by atoms with van der Waals surface area (Å²) in [7, 11) is 2.11. The van der Waals surface area contributed by atoms with E-state index in [1.54, 1.807) is 18.2 Å². The van der Waals surface area contributed by atoms with Gasteiger partial charge in [0.05, 0.1) is 10.6 Å². The molecule has 0 unspecified atom stereocenters. The minimum Gasteiger partial charge on any atom is -0.474 e. The summed E-state index contributed by atoms with van der Waals surface area (Å²) in [5.41, 5.74) is 0.185. The summed E-state index contributed by atoms with van der Waals surface area (Å²) in [4.78, 5) is 19.0. The topological polar surface area (TPSA) is 54.5 Å². The lowest BCUT2D eigenvalue weighted by atomic mass is 10.0. The third kappa shape index (κ3) is 4.51. The largest absolute Gasteiger partial charge is 0.474 e. The molecule has 1 N–H and O–H groups in total. The van der Waals surface area contributed by atoms with Crippen molar-refractivity contribution in [1.29, 1.82) is 0 Å². The molecular weight excluding hydrogens is 357 g/mol. The van der Waals surface area contributed by atoms with Crippen LogP contribution in [0.1, 0.15) is 30.1 Å². The highest BCUT2D eigenvalue weighted by Gasteiger charge is 2.24. The first-order valence-corrected chi connectivity index (χ1v) is 8.90. The summed E-state index contributed by atoms with van der Waals surface area (Å²) in [5.74, 6) is -0.122.